The summed E-state index contributed by atoms with van der Waals surface area (Å²) in [5.74, 6) is 0.140. The van der Waals surface area contributed by atoms with Crippen molar-refractivity contribution < 1.29 is 4.79 Å². The summed E-state index contributed by atoms with van der Waals surface area (Å²) in [6.45, 7) is 9.64. The van der Waals surface area contributed by atoms with Gasteiger partial charge >= 0.3 is 0 Å². The lowest BCUT2D eigenvalue weighted by atomic mass is 10.0. The van der Waals surface area contributed by atoms with Crippen LogP contribution in [0.3, 0.4) is 0 Å². The third-order valence-electron chi connectivity index (χ3n) is 2.60. The zero-order valence-electron chi connectivity index (χ0n) is 12.2. The van der Waals surface area contributed by atoms with Gasteiger partial charge in [0, 0.05) is 23.2 Å². The van der Waals surface area contributed by atoms with E-state index in [9.17, 15) is 4.79 Å². The molecule has 0 bridgehead atoms. The van der Waals surface area contributed by atoms with Crippen molar-refractivity contribution in [2.75, 3.05) is 5.75 Å². The molecule has 0 aliphatic carbocycles. The molecule has 1 unspecified atom stereocenters. The highest BCUT2D eigenvalue weighted by molar-refractivity contribution is 7.99. The van der Waals surface area contributed by atoms with Gasteiger partial charge in [-0.15, -0.1) is 0 Å². The van der Waals surface area contributed by atoms with Crippen LogP contribution in [0.25, 0.3) is 0 Å². The van der Waals surface area contributed by atoms with Gasteiger partial charge in [0.1, 0.15) is 5.54 Å². The molecule has 5 nitrogen and oxygen atoms in total. The molecule has 0 spiro atoms. The Hall–Kier alpha value is -1.14. The normalized spacial score (nSPS) is 14.4. The second-order valence-electron chi connectivity index (χ2n) is 5.22. The van der Waals surface area contributed by atoms with Gasteiger partial charge in [0.25, 0.3) is 0 Å². The zero-order chi connectivity index (χ0) is 14.6. The molecule has 6 heteroatoms. The predicted octanol–water partition coefficient (Wildman–Crippen LogP) is 1.43. The highest BCUT2D eigenvalue weighted by atomic mass is 32.2. The summed E-state index contributed by atoms with van der Waals surface area (Å²) in [5.41, 5.74) is 6.57. The third-order valence-corrected chi connectivity index (χ3v) is 3.77. The Morgan fingerprint density at radius 2 is 1.95 bits per heavy atom. The summed E-state index contributed by atoms with van der Waals surface area (Å²) in [5, 5.41) is 3.88. The summed E-state index contributed by atoms with van der Waals surface area (Å²) < 4.78 is 0. The lowest BCUT2D eigenvalue weighted by Crippen LogP contribution is -2.57. The molecule has 1 aromatic rings. The Kier molecular flexibility index (Phi) is 5.31. The molecule has 0 aromatic carbocycles. The van der Waals surface area contributed by atoms with E-state index in [2.05, 4.69) is 15.3 Å². The van der Waals surface area contributed by atoms with Crippen LogP contribution >= 0.6 is 11.8 Å². The summed E-state index contributed by atoms with van der Waals surface area (Å²) in [4.78, 5) is 20.3. The number of amides is 1. The Bertz CT molecular complexity index is 444. The summed E-state index contributed by atoms with van der Waals surface area (Å²) in [7, 11) is 0. The van der Waals surface area contributed by atoms with E-state index in [4.69, 9.17) is 5.73 Å². The second kappa shape index (κ2) is 6.34. The van der Waals surface area contributed by atoms with Crippen LogP contribution in [0.4, 0.5) is 0 Å². The number of carbonyl (C=O) groups excluding carboxylic acids is 1. The van der Waals surface area contributed by atoms with E-state index >= 15 is 0 Å². The molecule has 0 aliphatic rings. The van der Waals surface area contributed by atoms with E-state index in [-0.39, 0.29) is 11.9 Å². The Morgan fingerprint density at radius 3 is 2.37 bits per heavy atom. The van der Waals surface area contributed by atoms with Crippen molar-refractivity contribution in [3.8, 4) is 0 Å². The van der Waals surface area contributed by atoms with Crippen LogP contribution in [0.1, 0.15) is 32.2 Å². The Balaban J connectivity index is 2.79. The minimum atomic E-state index is -0.764. The van der Waals surface area contributed by atoms with Gasteiger partial charge in [-0.05, 0) is 40.7 Å². The van der Waals surface area contributed by atoms with Crippen molar-refractivity contribution in [3.63, 3.8) is 0 Å². The van der Waals surface area contributed by atoms with Crippen molar-refractivity contribution in [1.82, 2.24) is 15.3 Å². The van der Waals surface area contributed by atoms with Gasteiger partial charge in [0.05, 0.1) is 0 Å². The fraction of sp³-hybridized carbons (Fsp3) is 0.615. The van der Waals surface area contributed by atoms with Crippen LogP contribution in [0.5, 0.6) is 0 Å². The molecule has 0 fully saturated rings. The lowest BCUT2D eigenvalue weighted by molar-refractivity contribution is -0.123. The van der Waals surface area contributed by atoms with E-state index in [0.717, 1.165) is 11.4 Å². The molecular formula is C13H22N4OS. The quantitative estimate of drug-likeness (QED) is 0.609. The molecule has 1 atom stereocenters. The van der Waals surface area contributed by atoms with Crippen molar-refractivity contribution in [2.45, 2.75) is 51.4 Å². The maximum Gasteiger partial charge on any atom is 0.238 e. The van der Waals surface area contributed by atoms with Crippen LogP contribution in [0.15, 0.2) is 11.2 Å². The number of hydrogen-bond donors (Lipinski definition) is 2. The maximum atomic E-state index is 11.6. The SMILES string of the molecule is Cc1cc(C)nc(SCC(C)(NC(C)C)C(N)=O)n1. The number of aromatic nitrogens is 2. The monoisotopic (exact) mass is 282 g/mol. The number of hydrogen-bond acceptors (Lipinski definition) is 5. The molecule has 0 saturated heterocycles. The molecule has 1 aromatic heterocycles. The second-order valence-corrected chi connectivity index (χ2v) is 6.16. The maximum absolute atomic E-state index is 11.6. The minimum Gasteiger partial charge on any atom is -0.368 e. The van der Waals surface area contributed by atoms with Gasteiger partial charge in [-0.1, -0.05) is 11.8 Å². The molecule has 0 saturated carbocycles. The zero-order valence-corrected chi connectivity index (χ0v) is 13.0. The molecule has 106 valence electrons. The first-order valence-corrected chi connectivity index (χ1v) is 7.24. The Labute approximate surface area is 118 Å². The number of thioether (sulfide) groups is 1. The predicted molar refractivity (Wildman–Crippen MR) is 78.1 cm³/mol. The summed E-state index contributed by atoms with van der Waals surface area (Å²) >= 11 is 1.44. The van der Waals surface area contributed by atoms with Crippen LogP contribution in [-0.2, 0) is 4.79 Å². The van der Waals surface area contributed by atoms with Crippen LogP contribution < -0.4 is 11.1 Å². The van der Waals surface area contributed by atoms with Crippen LogP contribution in [0.2, 0.25) is 0 Å². The van der Waals surface area contributed by atoms with E-state index in [1.54, 1.807) is 0 Å². The third kappa shape index (κ3) is 4.80. The topological polar surface area (TPSA) is 80.9 Å². The first-order valence-electron chi connectivity index (χ1n) is 6.25. The number of nitrogens with one attached hydrogen (secondary N) is 1. The fourth-order valence-electron chi connectivity index (χ4n) is 1.79. The smallest absolute Gasteiger partial charge is 0.238 e. The first kappa shape index (κ1) is 15.9. The molecule has 1 rings (SSSR count). The molecule has 19 heavy (non-hydrogen) atoms. The summed E-state index contributed by atoms with van der Waals surface area (Å²) in [6.07, 6.45) is 0. The number of nitrogens with two attached hydrogens (primary N) is 1. The van der Waals surface area contributed by atoms with E-state index in [1.165, 1.54) is 11.8 Å². The van der Waals surface area contributed by atoms with E-state index in [0.29, 0.717) is 10.9 Å². The number of carbonyl (C=O) groups is 1. The summed E-state index contributed by atoms with van der Waals surface area (Å²) in [6, 6.07) is 2.10. The molecule has 3 N–H and O–H groups in total. The van der Waals surface area contributed by atoms with Gasteiger partial charge in [0.15, 0.2) is 5.16 Å². The number of nitrogens with zero attached hydrogens (tertiary/aromatic N) is 2. The van der Waals surface area contributed by atoms with Gasteiger partial charge in [-0.25, -0.2) is 9.97 Å². The average Bonchev–Trinajstić information content (AvgIpc) is 2.24. The number of primary amides is 1. The highest BCUT2D eigenvalue weighted by Gasteiger charge is 2.31. The van der Waals surface area contributed by atoms with Crippen LogP contribution in [-0.4, -0.2) is 33.2 Å². The van der Waals surface area contributed by atoms with Crippen molar-refractivity contribution in [2.24, 2.45) is 5.73 Å². The first-order chi connectivity index (χ1) is 8.73. The minimum absolute atomic E-state index is 0.179. The number of aryl methyl sites for hydroxylation is 2. The largest absolute Gasteiger partial charge is 0.368 e. The van der Waals surface area contributed by atoms with Crippen molar-refractivity contribution >= 4 is 17.7 Å². The lowest BCUT2D eigenvalue weighted by Gasteiger charge is -2.29. The molecular weight excluding hydrogens is 260 g/mol. The molecule has 1 amide bonds. The van der Waals surface area contributed by atoms with E-state index in [1.807, 2.05) is 40.7 Å². The number of rotatable bonds is 6. The van der Waals surface area contributed by atoms with Gasteiger partial charge in [-0.2, -0.15) is 0 Å². The standard InChI is InChI=1S/C13H22N4OS/c1-8(2)17-13(5,11(14)18)7-19-12-15-9(3)6-10(4)16-12/h6,8,17H,7H2,1-5H3,(H2,14,18). The molecule has 0 aliphatic heterocycles. The van der Waals surface area contributed by atoms with Gasteiger partial charge < -0.3 is 11.1 Å². The average molecular weight is 282 g/mol. The fourth-order valence-corrected chi connectivity index (χ4v) is 2.85. The highest BCUT2D eigenvalue weighted by Crippen LogP contribution is 2.20. The van der Waals surface area contributed by atoms with E-state index < -0.39 is 5.54 Å². The van der Waals surface area contributed by atoms with Crippen molar-refractivity contribution in [1.29, 1.82) is 0 Å². The van der Waals surface area contributed by atoms with Gasteiger partial charge in [-0.3, -0.25) is 4.79 Å². The van der Waals surface area contributed by atoms with Crippen molar-refractivity contribution in [3.05, 3.63) is 17.5 Å². The molecule has 1 heterocycles. The molecule has 0 radical (unpaired) electrons. The van der Waals surface area contributed by atoms with Crippen LogP contribution in [0, 0.1) is 13.8 Å². The Morgan fingerprint density at radius 1 is 1.42 bits per heavy atom. The van der Waals surface area contributed by atoms with Gasteiger partial charge in [0.2, 0.25) is 5.91 Å².